The van der Waals surface area contributed by atoms with Crippen molar-refractivity contribution in [2.45, 2.75) is 31.7 Å². The first kappa shape index (κ1) is 18.6. The highest BCUT2D eigenvalue weighted by Crippen LogP contribution is 2.24. The van der Waals surface area contributed by atoms with Crippen LogP contribution in [0.5, 0.6) is 0 Å². The summed E-state index contributed by atoms with van der Waals surface area (Å²) in [5.41, 5.74) is 2.67. The first-order valence-electron chi connectivity index (χ1n) is 10.2. The van der Waals surface area contributed by atoms with E-state index in [4.69, 9.17) is 0 Å². The summed E-state index contributed by atoms with van der Waals surface area (Å²) in [6, 6.07) is 18.4. The molecule has 2 aromatic carbocycles. The number of piperazine rings is 1. The molecule has 2 amide bonds. The van der Waals surface area contributed by atoms with Gasteiger partial charge in [0.15, 0.2) is 0 Å². The van der Waals surface area contributed by atoms with Gasteiger partial charge in [-0.15, -0.1) is 0 Å². The van der Waals surface area contributed by atoms with Crippen molar-refractivity contribution in [1.82, 2.24) is 9.80 Å². The summed E-state index contributed by atoms with van der Waals surface area (Å²) in [6.07, 6.45) is 5.36. The first-order valence-corrected chi connectivity index (χ1v) is 10.2. The number of nitrogens with zero attached hydrogens (tertiary/aromatic N) is 2. The van der Waals surface area contributed by atoms with E-state index in [2.05, 4.69) is 22.1 Å². The lowest BCUT2D eigenvalue weighted by Crippen LogP contribution is -2.52. The number of hydrogen-bond donors (Lipinski definition) is 1. The van der Waals surface area contributed by atoms with Crippen LogP contribution in [-0.4, -0.2) is 48.1 Å². The molecule has 0 aromatic heterocycles. The zero-order chi connectivity index (χ0) is 19.2. The predicted octanol–water partition coefficient (Wildman–Crippen LogP) is 4.18. The van der Waals surface area contributed by atoms with E-state index in [0.29, 0.717) is 0 Å². The molecule has 2 fully saturated rings. The molecule has 0 spiro atoms. The van der Waals surface area contributed by atoms with Crippen LogP contribution in [0.1, 0.15) is 36.8 Å². The van der Waals surface area contributed by atoms with Crippen molar-refractivity contribution in [2.24, 2.45) is 0 Å². The number of benzene rings is 2. The molecule has 1 aliphatic carbocycles. The number of urea groups is 1. The van der Waals surface area contributed by atoms with E-state index >= 15 is 0 Å². The second-order valence-electron chi connectivity index (χ2n) is 7.59. The zero-order valence-corrected chi connectivity index (χ0v) is 16.2. The van der Waals surface area contributed by atoms with Crippen LogP contribution in [-0.2, 0) is 0 Å². The molecule has 0 bridgehead atoms. The van der Waals surface area contributed by atoms with E-state index in [1.54, 1.807) is 0 Å². The molecule has 1 N–H and O–H groups in total. The number of hydrogen-bond acceptors (Lipinski definition) is 2. The first-order chi connectivity index (χ1) is 13.8. The lowest BCUT2D eigenvalue weighted by Gasteiger charge is -2.38. The molecule has 28 heavy (non-hydrogen) atoms. The quantitative estimate of drug-likeness (QED) is 0.802. The molecule has 4 rings (SSSR count). The Balaban J connectivity index is 1.33. The Labute approximate surface area is 167 Å². The average Bonchev–Trinajstić information content (AvgIpc) is 3.28. The van der Waals surface area contributed by atoms with Crippen LogP contribution in [0.2, 0.25) is 0 Å². The Morgan fingerprint density at radius 2 is 1.54 bits per heavy atom. The average molecular weight is 374 g/mol. The summed E-state index contributed by atoms with van der Waals surface area (Å²) >= 11 is 0. The summed E-state index contributed by atoms with van der Waals surface area (Å²) in [7, 11) is 0. The largest absolute Gasteiger partial charge is 0.322 e. The number of carbonyl (C=O) groups excluding carboxylic acids is 1. The summed E-state index contributed by atoms with van der Waals surface area (Å²) < 4.78 is 0. The molecule has 144 valence electrons. The van der Waals surface area contributed by atoms with E-state index < -0.39 is 0 Å². The highest BCUT2D eigenvalue weighted by atomic mass is 16.2. The molecule has 0 radical (unpaired) electrons. The second-order valence-corrected chi connectivity index (χ2v) is 7.59. The van der Waals surface area contributed by atoms with Crippen molar-refractivity contribution < 1.29 is 4.79 Å². The SMILES string of the molecule is O=C(Nc1cccc(C#Cc2ccccc2)c1)N1CCN(C2CCCC2)CC1. The van der Waals surface area contributed by atoms with E-state index in [0.717, 1.165) is 49.0 Å². The minimum absolute atomic E-state index is 0.0146. The smallest absolute Gasteiger partial charge is 0.321 e. The number of anilines is 1. The van der Waals surface area contributed by atoms with Crippen LogP contribution >= 0.6 is 0 Å². The van der Waals surface area contributed by atoms with Crippen LogP contribution in [0.4, 0.5) is 10.5 Å². The molecule has 0 unspecified atom stereocenters. The molecule has 1 saturated heterocycles. The fourth-order valence-electron chi connectivity index (χ4n) is 4.10. The van der Waals surface area contributed by atoms with Gasteiger partial charge in [0.05, 0.1) is 0 Å². The van der Waals surface area contributed by atoms with Gasteiger partial charge >= 0.3 is 6.03 Å². The Morgan fingerprint density at radius 3 is 2.29 bits per heavy atom. The molecule has 0 atom stereocenters. The minimum Gasteiger partial charge on any atom is -0.322 e. The number of carbonyl (C=O) groups is 1. The van der Waals surface area contributed by atoms with Crippen LogP contribution < -0.4 is 5.32 Å². The lowest BCUT2D eigenvalue weighted by molar-refractivity contribution is 0.115. The number of amides is 2. The van der Waals surface area contributed by atoms with Gasteiger partial charge in [0.2, 0.25) is 0 Å². The summed E-state index contributed by atoms with van der Waals surface area (Å²) in [4.78, 5) is 17.1. The Morgan fingerprint density at radius 1 is 0.857 bits per heavy atom. The third kappa shape index (κ3) is 4.74. The topological polar surface area (TPSA) is 35.6 Å². The van der Waals surface area contributed by atoms with Gasteiger partial charge < -0.3 is 10.2 Å². The van der Waals surface area contributed by atoms with Crippen molar-refractivity contribution in [3.8, 4) is 11.8 Å². The van der Waals surface area contributed by atoms with Crippen LogP contribution in [0, 0.1) is 11.8 Å². The van der Waals surface area contributed by atoms with Crippen molar-refractivity contribution in [2.75, 3.05) is 31.5 Å². The molecule has 2 aromatic rings. The second kappa shape index (κ2) is 8.95. The molecule has 1 aliphatic heterocycles. The van der Waals surface area contributed by atoms with Crippen molar-refractivity contribution in [1.29, 1.82) is 0 Å². The van der Waals surface area contributed by atoms with Gasteiger partial charge in [-0.05, 0) is 43.2 Å². The van der Waals surface area contributed by atoms with Crippen LogP contribution in [0.25, 0.3) is 0 Å². The predicted molar refractivity (Wildman–Crippen MR) is 113 cm³/mol. The number of rotatable bonds is 2. The van der Waals surface area contributed by atoms with Gasteiger partial charge in [0, 0.05) is 49.0 Å². The molecule has 2 aliphatic rings. The van der Waals surface area contributed by atoms with Gasteiger partial charge in [-0.2, -0.15) is 0 Å². The van der Waals surface area contributed by atoms with Crippen molar-refractivity contribution >= 4 is 11.7 Å². The van der Waals surface area contributed by atoms with Crippen LogP contribution in [0.3, 0.4) is 0 Å². The Bertz CT molecular complexity index is 854. The molecule has 1 heterocycles. The normalized spacial score (nSPS) is 17.8. The molecule has 4 heteroatoms. The maximum Gasteiger partial charge on any atom is 0.321 e. The van der Waals surface area contributed by atoms with E-state index in [-0.39, 0.29) is 6.03 Å². The van der Waals surface area contributed by atoms with Gasteiger partial charge in [-0.25, -0.2) is 4.79 Å². The van der Waals surface area contributed by atoms with Gasteiger partial charge in [0.25, 0.3) is 0 Å². The van der Waals surface area contributed by atoms with E-state index in [9.17, 15) is 4.79 Å². The summed E-state index contributed by atoms with van der Waals surface area (Å²) in [5.74, 6) is 6.33. The Kier molecular flexibility index (Phi) is 5.94. The molecule has 1 saturated carbocycles. The molecule has 4 nitrogen and oxygen atoms in total. The number of nitrogens with one attached hydrogen (secondary N) is 1. The molecular formula is C24H27N3O. The van der Waals surface area contributed by atoms with Crippen LogP contribution in [0.15, 0.2) is 54.6 Å². The third-order valence-electron chi connectivity index (χ3n) is 5.68. The van der Waals surface area contributed by atoms with E-state index in [1.807, 2.05) is 59.5 Å². The standard InChI is InChI=1S/C24H27N3O/c28-24(27-17-15-26(16-18-27)23-11-4-5-12-23)25-22-10-6-9-21(19-22)14-13-20-7-2-1-3-8-20/h1-3,6-10,19,23H,4-5,11-12,15-18H2,(H,25,28). The zero-order valence-electron chi connectivity index (χ0n) is 16.2. The fourth-order valence-corrected chi connectivity index (χ4v) is 4.10. The van der Waals surface area contributed by atoms with Crippen molar-refractivity contribution in [3.05, 3.63) is 65.7 Å². The van der Waals surface area contributed by atoms with Gasteiger partial charge in [-0.1, -0.05) is 48.9 Å². The monoisotopic (exact) mass is 373 g/mol. The van der Waals surface area contributed by atoms with Gasteiger partial charge in [-0.3, -0.25) is 4.90 Å². The molecular weight excluding hydrogens is 346 g/mol. The maximum absolute atomic E-state index is 12.6. The lowest BCUT2D eigenvalue weighted by atomic mass is 10.1. The fraction of sp³-hybridized carbons (Fsp3) is 0.375. The third-order valence-corrected chi connectivity index (χ3v) is 5.68. The van der Waals surface area contributed by atoms with Crippen molar-refractivity contribution in [3.63, 3.8) is 0 Å². The summed E-state index contributed by atoms with van der Waals surface area (Å²) in [6.45, 7) is 3.58. The highest BCUT2D eigenvalue weighted by Gasteiger charge is 2.27. The maximum atomic E-state index is 12.6. The Hall–Kier alpha value is -2.77. The highest BCUT2D eigenvalue weighted by molar-refractivity contribution is 5.89. The summed E-state index contributed by atoms with van der Waals surface area (Å²) in [5, 5.41) is 3.04. The van der Waals surface area contributed by atoms with E-state index in [1.165, 1.54) is 25.7 Å². The minimum atomic E-state index is -0.0146. The van der Waals surface area contributed by atoms with Gasteiger partial charge in [0.1, 0.15) is 0 Å².